The van der Waals surface area contributed by atoms with Crippen molar-refractivity contribution in [2.75, 3.05) is 5.01 Å². The number of aliphatic imine (C=N–C) groups is 1. The highest BCUT2D eigenvalue weighted by atomic mass is 32.1. The van der Waals surface area contributed by atoms with Crippen LogP contribution in [0.3, 0.4) is 0 Å². The van der Waals surface area contributed by atoms with E-state index in [1.54, 1.807) is 24.3 Å². The number of nitro groups is 1. The van der Waals surface area contributed by atoms with Crippen LogP contribution in [0.4, 0.5) is 29.7 Å². The van der Waals surface area contributed by atoms with Crippen molar-refractivity contribution in [1.82, 2.24) is 4.98 Å². The molecule has 2 aromatic carbocycles. The second-order valence-corrected chi connectivity index (χ2v) is 7.57. The second kappa shape index (κ2) is 7.54. The highest BCUT2D eigenvalue weighted by molar-refractivity contribution is 7.22. The number of hydrazone groups is 1. The van der Waals surface area contributed by atoms with Crippen molar-refractivity contribution in [1.29, 1.82) is 0 Å². The van der Waals surface area contributed by atoms with Gasteiger partial charge in [0.2, 0.25) is 5.13 Å². The average Bonchev–Trinajstić information content (AvgIpc) is 3.28. The molecule has 4 rings (SSSR count). The number of carbonyl (C=O) groups is 1. The monoisotopic (exact) mass is 447 g/mol. The molecule has 0 saturated heterocycles. The van der Waals surface area contributed by atoms with Gasteiger partial charge in [-0.05, 0) is 31.2 Å². The first-order valence-electron chi connectivity index (χ1n) is 8.80. The van der Waals surface area contributed by atoms with Gasteiger partial charge in [0.15, 0.2) is 5.71 Å². The molecule has 1 aliphatic rings. The number of aromatic nitrogens is 1. The van der Waals surface area contributed by atoms with Gasteiger partial charge in [0, 0.05) is 17.8 Å². The van der Waals surface area contributed by atoms with Crippen LogP contribution in [0.2, 0.25) is 0 Å². The van der Waals surface area contributed by atoms with Crippen LogP contribution in [0.15, 0.2) is 58.6 Å². The van der Waals surface area contributed by atoms with Crippen LogP contribution >= 0.6 is 11.3 Å². The summed E-state index contributed by atoms with van der Waals surface area (Å²) in [6.45, 7) is 1.28. The lowest BCUT2D eigenvalue weighted by atomic mass is 9.97. The zero-order chi connectivity index (χ0) is 22.3. The van der Waals surface area contributed by atoms with Crippen LogP contribution in [-0.4, -0.2) is 33.4 Å². The first-order chi connectivity index (χ1) is 14.6. The van der Waals surface area contributed by atoms with Crippen molar-refractivity contribution in [3.05, 3.63) is 58.6 Å². The highest BCUT2D eigenvalue weighted by Crippen LogP contribution is 2.36. The Morgan fingerprint density at radius 2 is 1.87 bits per heavy atom. The molecule has 0 aliphatic carbocycles. The van der Waals surface area contributed by atoms with Crippen molar-refractivity contribution in [2.45, 2.75) is 13.1 Å². The molecule has 0 radical (unpaired) electrons. The number of benzene rings is 2. The minimum atomic E-state index is -4.86. The molecule has 31 heavy (non-hydrogen) atoms. The number of non-ortho nitro benzene ring substituents is 1. The number of carbonyl (C=O) groups excluding carboxylic acids is 1. The number of hydrogen-bond acceptors (Lipinski definition) is 7. The van der Waals surface area contributed by atoms with E-state index in [2.05, 4.69) is 15.1 Å². The molecule has 3 aromatic rings. The second-order valence-electron chi connectivity index (χ2n) is 6.56. The van der Waals surface area contributed by atoms with E-state index < -0.39 is 28.6 Å². The van der Waals surface area contributed by atoms with Crippen LogP contribution in [0.1, 0.15) is 6.92 Å². The molecule has 2 heterocycles. The minimum absolute atomic E-state index is 0.0265. The molecule has 1 unspecified atom stereocenters. The molecule has 158 valence electrons. The Hall–Kier alpha value is -3.67. The summed E-state index contributed by atoms with van der Waals surface area (Å²) in [5.41, 5.74) is -0.902. The summed E-state index contributed by atoms with van der Waals surface area (Å²) in [5, 5.41) is 15.0. The van der Waals surface area contributed by atoms with Crippen molar-refractivity contribution in [3.8, 4) is 0 Å². The number of fused-ring (bicyclic) bond motifs is 1. The highest BCUT2D eigenvalue weighted by Gasteiger charge is 2.52. The largest absolute Gasteiger partial charge is 0.432 e. The molecular formula is C19H12F3N5O3S. The Kier molecular flexibility index (Phi) is 5.01. The third-order valence-electron chi connectivity index (χ3n) is 4.47. The van der Waals surface area contributed by atoms with Gasteiger partial charge in [-0.15, -0.1) is 0 Å². The maximum Gasteiger partial charge on any atom is 0.432 e. The van der Waals surface area contributed by atoms with E-state index in [0.717, 1.165) is 11.3 Å². The van der Waals surface area contributed by atoms with Gasteiger partial charge in [-0.2, -0.15) is 23.3 Å². The van der Waals surface area contributed by atoms with Gasteiger partial charge in [0.25, 0.3) is 11.6 Å². The number of nitrogens with zero attached hydrogens (tertiary/aromatic N) is 5. The summed E-state index contributed by atoms with van der Waals surface area (Å²) >= 11 is 1.05. The number of nitro benzene ring substituents is 1. The molecule has 1 aromatic heterocycles. The van der Waals surface area contributed by atoms with E-state index in [4.69, 9.17) is 0 Å². The van der Waals surface area contributed by atoms with Gasteiger partial charge in [-0.25, -0.2) is 4.98 Å². The average molecular weight is 447 g/mol. The third kappa shape index (κ3) is 3.89. The Labute approximate surface area is 176 Å². The molecular weight excluding hydrogens is 435 g/mol. The van der Waals surface area contributed by atoms with Gasteiger partial charge in [-0.1, -0.05) is 23.5 Å². The Morgan fingerprint density at radius 1 is 1.19 bits per heavy atom. The Bertz CT molecular complexity index is 1220. The van der Waals surface area contributed by atoms with Crippen LogP contribution in [0.5, 0.6) is 0 Å². The van der Waals surface area contributed by atoms with E-state index in [9.17, 15) is 28.1 Å². The lowest BCUT2D eigenvalue weighted by Crippen LogP contribution is -2.37. The number of para-hydroxylation sites is 1. The maximum absolute atomic E-state index is 13.7. The summed E-state index contributed by atoms with van der Waals surface area (Å²) in [6.07, 6.45) is -4.86. The van der Waals surface area contributed by atoms with Gasteiger partial charge in [-0.3, -0.25) is 19.9 Å². The van der Waals surface area contributed by atoms with Crippen molar-refractivity contribution in [2.24, 2.45) is 16.0 Å². The van der Waals surface area contributed by atoms with Crippen molar-refractivity contribution >= 4 is 55.4 Å². The summed E-state index contributed by atoms with van der Waals surface area (Å²) in [4.78, 5) is 31.4. The van der Waals surface area contributed by atoms with E-state index in [0.29, 0.717) is 15.2 Å². The first-order valence-corrected chi connectivity index (χ1v) is 9.61. The predicted octanol–water partition coefficient (Wildman–Crippen LogP) is 4.88. The minimum Gasteiger partial charge on any atom is -0.271 e. The lowest BCUT2D eigenvalue weighted by molar-refractivity contribution is -0.384. The van der Waals surface area contributed by atoms with Crippen molar-refractivity contribution in [3.63, 3.8) is 0 Å². The zero-order valence-electron chi connectivity index (χ0n) is 15.7. The normalized spacial score (nSPS) is 17.4. The molecule has 1 aliphatic heterocycles. The van der Waals surface area contributed by atoms with E-state index in [-0.39, 0.29) is 22.2 Å². The summed E-state index contributed by atoms with van der Waals surface area (Å²) < 4.78 is 41.7. The summed E-state index contributed by atoms with van der Waals surface area (Å²) in [6, 6.07) is 11.8. The maximum atomic E-state index is 13.7. The van der Waals surface area contributed by atoms with Gasteiger partial charge >= 0.3 is 6.18 Å². The smallest absolute Gasteiger partial charge is 0.271 e. The van der Waals surface area contributed by atoms with Crippen LogP contribution in [0.25, 0.3) is 10.2 Å². The zero-order valence-corrected chi connectivity index (χ0v) is 16.5. The van der Waals surface area contributed by atoms with E-state index in [1.807, 2.05) is 0 Å². The third-order valence-corrected chi connectivity index (χ3v) is 5.49. The number of hydrogen-bond donors (Lipinski definition) is 0. The summed E-state index contributed by atoms with van der Waals surface area (Å²) in [5.74, 6) is -2.67. The Balaban J connectivity index is 1.71. The number of halogens is 3. The summed E-state index contributed by atoms with van der Waals surface area (Å²) in [7, 11) is 0. The van der Waals surface area contributed by atoms with Crippen LogP contribution in [0, 0.1) is 16.0 Å². The number of amides is 1. The number of alkyl halides is 3. The molecule has 0 saturated carbocycles. The molecule has 12 heteroatoms. The molecule has 0 spiro atoms. The standard InChI is InChI=1S/C19H12F3N5O3S/c1-10(23-11-6-8-12(9-7-11)27(29)30)15-16(19(20,21)22)25-26(17(15)28)18-24-13-4-2-3-5-14(13)31-18/h2-9,15H,1H3. The van der Waals surface area contributed by atoms with Crippen molar-refractivity contribution < 1.29 is 22.9 Å². The SMILES string of the molecule is CC(=Nc1ccc([N+](=O)[O-])cc1)C1C(=O)N(c2nc3ccccc3s2)N=C1C(F)(F)F. The fourth-order valence-electron chi connectivity index (χ4n) is 3.06. The predicted molar refractivity (Wildman–Crippen MR) is 110 cm³/mol. The first kappa shape index (κ1) is 20.6. The fourth-order valence-corrected chi connectivity index (χ4v) is 3.98. The molecule has 1 atom stereocenters. The van der Waals surface area contributed by atoms with Gasteiger partial charge in [0.1, 0.15) is 5.92 Å². The fraction of sp³-hybridized carbons (Fsp3) is 0.158. The van der Waals surface area contributed by atoms with E-state index >= 15 is 0 Å². The van der Waals surface area contributed by atoms with Crippen LogP contribution < -0.4 is 5.01 Å². The number of rotatable bonds is 4. The number of anilines is 1. The van der Waals surface area contributed by atoms with Gasteiger partial charge in [0.05, 0.1) is 20.8 Å². The number of thiazole rings is 1. The van der Waals surface area contributed by atoms with Crippen LogP contribution in [-0.2, 0) is 4.79 Å². The molecule has 8 nitrogen and oxygen atoms in total. The topological polar surface area (TPSA) is 101 Å². The lowest BCUT2D eigenvalue weighted by Gasteiger charge is -2.13. The molecule has 0 fully saturated rings. The van der Waals surface area contributed by atoms with E-state index in [1.165, 1.54) is 31.2 Å². The molecule has 0 N–H and O–H groups in total. The quantitative estimate of drug-likeness (QED) is 0.323. The molecule has 1 amide bonds. The molecule has 0 bridgehead atoms. The van der Waals surface area contributed by atoms with Gasteiger partial charge < -0.3 is 0 Å². The Morgan fingerprint density at radius 3 is 2.48 bits per heavy atom.